The second-order valence-corrected chi connectivity index (χ2v) is 22.1. The van der Waals surface area contributed by atoms with Crippen molar-refractivity contribution in [2.45, 2.75) is 152 Å². The number of fused-ring (bicyclic) bond motifs is 7. The van der Waals surface area contributed by atoms with E-state index < -0.39 is 28.9 Å². The fourth-order valence-corrected chi connectivity index (χ4v) is 14.4. The first-order valence-electron chi connectivity index (χ1n) is 22.5. The zero-order valence-corrected chi connectivity index (χ0v) is 37.0. The summed E-state index contributed by atoms with van der Waals surface area (Å²) in [6, 6.07) is 8.85. The van der Waals surface area contributed by atoms with E-state index in [1.807, 2.05) is 0 Å². The summed E-state index contributed by atoms with van der Waals surface area (Å²) in [5, 5.41) is 22.2. The number of aliphatic hydroxyl groups is 1. The standard InChI is InChI=1S/C49H74N2O6/c1-31(2)41-35(52)27-49(38(53)30-51-25-23-50(24-26-51)29-33-13-11-32(3)12-14-33)22-21-47(9)34(42(41)49)15-16-37-46(8)19-18-39(57-40(54)28-44(4,5)43(55)56)45(6,7)36(46)17-20-48(37,47)10/h11-14,31,34,36-39,53H,15-30H2,1-10H3,(H,55,56)/t34-,36+,37-,38?,39?,46+,47-,48-,49+/m1/s1. The molecule has 57 heavy (non-hydrogen) atoms. The number of nitrogens with zero attached hydrogens (tertiary/aromatic N) is 2. The van der Waals surface area contributed by atoms with Gasteiger partial charge in [-0.25, -0.2) is 0 Å². The van der Waals surface area contributed by atoms with Crippen LogP contribution in [-0.4, -0.2) is 82.7 Å². The van der Waals surface area contributed by atoms with Crippen LogP contribution >= 0.6 is 0 Å². The minimum atomic E-state index is -1.16. The number of benzene rings is 1. The second kappa shape index (κ2) is 14.9. The highest BCUT2D eigenvalue weighted by Crippen LogP contribution is 2.77. The Morgan fingerprint density at radius 1 is 0.860 bits per heavy atom. The smallest absolute Gasteiger partial charge is 0.309 e. The van der Waals surface area contributed by atoms with Crippen molar-refractivity contribution in [2.75, 3.05) is 32.7 Å². The molecular formula is C49H74N2O6. The van der Waals surface area contributed by atoms with E-state index in [1.54, 1.807) is 13.8 Å². The number of carboxylic acids is 1. The van der Waals surface area contributed by atoms with Gasteiger partial charge in [-0.3, -0.25) is 24.2 Å². The molecule has 2 unspecified atom stereocenters. The normalized spacial score (nSPS) is 37.6. The fourth-order valence-electron chi connectivity index (χ4n) is 14.4. The average molecular weight is 787 g/mol. The number of aliphatic carboxylic acids is 1. The lowest BCUT2D eigenvalue weighted by Gasteiger charge is -2.72. The number of aryl methyl sites for hydroxylation is 1. The van der Waals surface area contributed by atoms with Gasteiger partial charge in [-0.2, -0.15) is 0 Å². The molecule has 1 saturated heterocycles. The first kappa shape index (κ1) is 42.6. The van der Waals surface area contributed by atoms with E-state index in [4.69, 9.17) is 4.74 Å². The Labute approximate surface area is 343 Å². The number of ketones is 1. The van der Waals surface area contributed by atoms with Crippen molar-refractivity contribution in [3.8, 4) is 0 Å². The van der Waals surface area contributed by atoms with Crippen molar-refractivity contribution in [3.05, 3.63) is 46.5 Å². The van der Waals surface area contributed by atoms with Gasteiger partial charge < -0.3 is 14.9 Å². The summed E-state index contributed by atoms with van der Waals surface area (Å²) in [6.45, 7) is 27.4. The van der Waals surface area contributed by atoms with Gasteiger partial charge in [0.15, 0.2) is 5.78 Å². The number of aliphatic hydroxyl groups excluding tert-OH is 1. The molecule has 1 aliphatic heterocycles. The number of piperazine rings is 1. The Morgan fingerprint density at radius 3 is 2.14 bits per heavy atom. The van der Waals surface area contributed by atoms with Crippen molar-refractivity contribution >= 4 is 17.7 Å². The molecule has 5 fully saturated rings. The van der Waals surface area contributed by atoms with Crippen molar-refractivity contribution in [1.82, 2.24) is 9.80 Å². The van der Waals surface area contributed by atoms with E-state index >= 15 is 0 Å². The summed E-state index contributed by atoms with van der Waals surface area (Å²) in [5.41, 5.74) is 3.27. The molecule has 1 heterocycles. The second-order valence-electron chi connectivity index (χ2n) is 22.1. The number of ether oxygens (including phenoxy) is 1. The molecular weight excluding hydrogens is 713 g/mol. The van der Waals surface area contributed by atoms with Crippen LogP contribution in [0.2, 0.25) is 0 Å². The van der Waals surface area contributed by atoms with Gasteiger partial charge in [0, 0.05) is 56.5 Å². The van der Waals surface area contributed by atoms with E-state index in [9.17, 15) is 24.6 Å². The zero-order chi connectivity index (χ0) is 41.5. The highest BCUT2D eigenvalue weighted by atomic mass is 16.5. The van der Waals surface area contributed by atoms with Gasteiger partial charge in [-0.1, -0.05) is 83.9 Å². The highest BCUT2D eigenvalue weighted by molar-refractivity contribution is 6.00. The molecule has 0 amide bonds. The molecule has 2 N–H and O–H groups in total. The Balaban J connectivity index is 1.10. The van der Waals surface area contributed by atoms with Gasteiger partial charge in [0.25, 0.3) is 0 Å². The summed E-state index contributed by atoms with van der Waals surface area (Å²) >= 11 is 0. The Hall–Kier alpha value is -2.55. The number of rotatable bonds is 10. The highest BCUT2D eigenvalue weighted by Gasteiger charge is 2.71. The monoisotopic (exact) mass is 787 g/mol. The van der Waals surface area contributed by atoms with E-state index in [0.717, 1.165) is 89.7 Å². The minimum Gasteiger partial charge on any atom is -0.481 e. The van der Waals surface area contributed by atoms with E-state index in [1.165, 1.54) is 16.7 Å². The van der Waals surface area contributed by atoms with Crippen molar-refractivity contribution in [3.63, 3.8) is 0 Å². The van der Waals surface area contributed by atoms with Crippen molar-refractivity contribution in [1.29, 1.82) is 0 Å². The van der Waals surface area contributed by atoms with E-state index in [2.05, 4.69) is 89.5 Å². The Morgan fingerprint density at radius 2 is 1.51 bits per heavy atom. The fraction of sp³-hybridized carbons (Fsp3) is 0.776. The molecule has 0 radical (unpaired) electrons. The SMILES string of the molecule is Cc1ccc(CN2CCN(CC(O)[C@@]34CC[C@]5(C)[C@H](CC[C@@H]6[C@@]7(C)CCC(OC(=O)CC(C)(C)C(=O)O)C(C)(C)[C@@H]7CC[C@]65C)C3=C(C(C)C)C(=O)C4)CC2)cc1. The Bertz CT molecular complexity index is 1760. The third-order valence-electron chi connectivity index (χ3n) is 17.9. The molecule has 0 aromatic heterocycles. The molecule has 1 aromatic rings. The molecule has 316 valence electrons. The van der Waals surface area contributed by atoms with Crippen LogP contribution in [0.1, 0.15) is 138 Å². The molecule has 8 nitrogen and oxygen atoms in total. The summed E-state index contributed by atoms with van der Waals surface area (Å²) in [7, 11) is 0. The van der Waals surface area contributed by atoms with Gasteiger partial charge >= 0.3 is 11.9 Å². The van der Waals surface area contributed by atoms with Crippen LogP contribution in [0.5, 0.6) is 0 Å². The molecule has 8 heteroatoms. The number of carbonyl (C=O) groups is 3. The minimum absolute atomic E-state index is 0.00465. The zero-order valence-electron chi connectivity index (χ0n) is 37.0. The lowest BCUT2D eigenvalue weighted by atomic mass is 9.33. The molecule has 0 spiro atoms. The first-order valence-corrected chi connectivity index (χ1v) is 22.5. The maximum Gasteiger partial charge on any atom is 0.309 e. The lowest BCUT2D eigenvalue weighted by Crippen LogP contribution is -2.66. The average Bonchev–Trinajstić information content (AvgIpc) is 3.44. The number of hydrogen-bond acceptors (Lipinski definition) is 7. The number of hydrogen-bond donors (Lipinski definition) is 2. The van der Waals surface area contributed by atoms with Gasteiger partial charge in [0.2, 0.25) is 0 Å². The number of β-amino-alcohol motifs (C(OH)–C–C–N with tert-alkyl or cyclic N) is 1. The van der Waals surface area contributed by atoms with Crippen LogP contribution in [0.4, 0.5) is 0 Å². The van der Waals surface area contributed by atoms with Crippen LogP contribution in [0.15, 0.2) is 35.4 Å². The lowest BCUT2D eigenvalue weighted by molar-refractivity contribution is -0.235. The maximum atomic E-state index is 14.2. The van der Waals surface area contributed by atoms with Gasteiger partial charge in [-0.05, 0) is 123 Å². The summed E-state index contributed by atoms with van der Waals surface area (Å²) in [4.78, 5) is 44.2. The number of Topliss-reactive ketones (excluding diaryl/α,β-unsaturated/α-hetero) is 1. The summed E-state index contributed by atoms with van der Waals surface area (Å²) in [5.74, 6) is 0.167. The van der Waals surface area contributed by atoms with E-state index in [-0.39, 0.29) is 51.8 Å². The molecule has 6 aliphatic rings. The van der Waals surface area contributed by atoms with Crippen LogP contribution in [-0.2, 0) is 25.7 Å². The predicted octanol–water partition coefficient (Wildman–Crippen LogP) is 8.87. The molecule has 1 aromatic carbocycles. The van der Waals surface area contributed by atoms with Crippen molar-refractivity contribution in [2.24, 2.45) is 56.2 Å². The third kappa shape index (κ3) is 6.97. The quantitative estimate of drug-likeness (QED) is 0.227. The van der Waals surface area contributed by atoms with Crippen LogP contribution in [0.25, 0.3) is 0 Å². The Kier molecular flexibility index (Phi) is 11.1. The first-order chi connectivity index (χ1) is 26.6. The van der Waals surface area contributed by atoms with E-state index in [0.29, 0.717) is 24.8 Å². The topological polar surface area (TPSA) is 107 Å². The third-order valence-corrected chi connectivity index (χ3v) is 17.9. The number of carboxylic acid groups (broad SMARTS) is 1. The summed E-state index contributed by atoms with van der Waals surface area (Å²) in [6.07, 6.45) is 7.50. The largest absolute Gasteiger partial charge is 0.481 e. The predicted molar refractivity (Wildman–Crippen MR) is 224 cm³/mol. The summed E-state index contributed by atoms with van der Waals surface area (Å²) < 4.78 is 6.20. The van der Waals surface area contributed by atoms with Gasteiger partial charge in [0.1, 0.15) is 6.10 Å². The number of esters is 1. The molecule has 7 rings (SSSR count). The van der Waals surface area contributed by atoms with Crippen LogP contribution < -0.4 is 0 Å². The molecule has 9 atom stereocenters. The molecule has 5 aliphatic carbocycles. The maximum absolute atomic E-state index is 14.2. The van der Waals surface area contributed by atoms with Gasteiger partial charge in [-0.15, -0.1) is 0 Å². The van der Waals surface area contributed by atoms with Gasteiger partial charge in [0.05, 0.1) is 17.9 Å². The number of allylic oxidation sites excluding steroid dienone is 1. The van der Waals surface area contributed by atoms with Crippen LogP contribution in [0.3, 0.4) is 0 Å². The number of carbonyl (C=O) groups excluding carboxylic acids is 2. The molecule has 0 bridgehead atoms. The van der Waals surface area contributed by atoms with Crippen LogP contribution in [0, 0.1) is 63.1 Å². The van der Waals surface area contributed by atoms with Crippen molar-refractivity contribution < 1.29 is 29.3 Å². The molecule has 4 saturated carbocycles.